The second kappa shape index (κ2) is 8.60. The van der Waals surface area contributed by atoms with Crippen LogP contribution in [0.5, 0.6) is 0 Å². The zero-order chi connectivity index (χ0) is 21.0. The van der Waals surface area contributed by atoms with Crippen LogP contribution in [0.3, 0.4) is 0 Å². The van der Waals surface area contributed by atoms with Crippen molar-refractivity contribution in [1.29, 1.82) is 0 Å². The first-order chi connectivity index (χ1) is 13.7. The number of nitrogens with one attached hydrogen (secondary N) is 2. The summed E-state index contributed by atoms with van der Waals surface area (Å²) in [7, 11) is 0. The molecule has 8 nitrogen and oxygen atoms in total. The van der Waals surface area contributed by atoms with Crippen LogP contribution >= 0.6 is 0 Å². The van der Waals surface area contributed by atoms with Gasteiger partial charge in [0.1, 0.15) is 0 Å². The summed E-state index contributed by atoms with van der Waals surface area (Å²) in [6.45, 7) is 2.64. The van der Waals surface area contributed by atoms with E-state index in [1.807, 2.05) is 4.90 Å². The van der Waals surface area contributed by atoms with E-state index in [-0.39, 0.29) is 30.2 Å². The average molecular weight is 411 g/mol. The number of carbonyl (C=O) groups is 2. The molecule has 1 aliphatic heterocycles. The molecule has 0 bridgehead atoms. The van der Waals surface area contributed by atoms with Crippen molar-refractivity contribution in [2.75, 3.05) is 30.3 Å². The van der Waals surface area contributed by atoms with Gasteiger partial charge in [-0.05, 0) is 50.2 Å². The number of amides is 2. The zero-order valence-corrected chi connectivity index (χ0v) is 15.6. The highest BCUT2D eigenvalue weighted by Gasteiger charge is 2.39. The van der Waals surface area contributed by atoms with Crippen LogP contribution in [0.25, 0.3) is 0 Å². The highest BCUT2D eigenvalue weighted by molar-refractivity contribution is 5.93. The lowest BCUT2D eigenvalue weighted by Crippen LogP contribution is -2.38. The zero-order valence-electron chi connectivity index (χ0n) is 15.6. The average Bonchev–Trinajstić information content (AvgIpc) is 3.14. The monoisotopic (exact) mass is 411 g/mol. The molecule has 0 aliphatic carbocycles. The summed E-state index contributed by atoms with van der Waals surface area (Å²) in [4.78, 5) is 25.1. The predicted octanol–water partition coefficient (Wildman–Crippen LogP) is 2.86. The van der Waals surface area contributed by atoms with Gasteiger partial charge in [-0.25, -0.2) is 0 Å². The van der Waals surface area contributed by atoms with E-state index in [0.29, 0.717) is 37.3 Å². The number of benzene rings is 1. The summed E-state index contributed by atoms with van der Waals surface area (Å²) in [6, 6.07) is 6.73. The fourth-order valence-electron chi connectivity index (χ4n) is 3.10. The third kappa shape index (κ3) is 5.76. The maximum atomic E-state index is 12.6. The Labute approximate surface area is 164 Å². The molecular formula is C18H20F3N5O3. The SMILES string of the molecule is CC(=O)Nc1ccc(NC(=O)CN2CCC(c3nnc(C(F)(F)F)o3)CC2)cc1. The van der Waals surface area contributed by atoms with E-state index < -0.39 is 12.1 Å². The van der Waals surface area contributed by atoms with Gasteiger partial charge in [0.05, 0.1) is 6.54 Å². The van der Waals surface area contributed by atoms with Crippen molar-refractivity contribution in [3.8, 4) is 0 Å². The fourth-order valence-corrected chi connectivity index (χ4v) is 3.10. The smallest absolute Gasteiger partial charge is 0.417 e. The molecule has 1 fully saturated rings. The minimum absolute atomic E-state index is 0.0133. The summed E-state index contributed by atoms with van der Waals surface area (Å²) in [5, 5.41) is 12.0. The Morgan fingerprint density at radius 2 is 1.69 bits per heavy atom. The first-order valence-corrected chi connectivity index (χ1v) is 9.01. The lowest BCUT2D eigenvalue weighted by Gasteiger charge is -2.29. The molecule has 29 heavy (non-hydrogen) atoms. The molecule has 2 amide bonds. The number of nitrogens with zero attached hydrogens (tertiary/aromatic N) is 3. The van der Waals surface area contributed by atoms with Crippen LogP contribution in [0.15, 0.2) is 28.7 Å². The van der Waals surface area contributed by atoms with Gasteiger partial charge in [0.2, 0.25) is 17.7 Å². The van der Waals surface area contributed by atoms with Crippen LogP contribution in [0.2, 0.25) is 0 Å². The Kier molecular flexibility index (Phi) is 6.16. The largest absolute Gasteiger partial charge is 0.470 e. The van der Waals surface area contributed by atoms with E-state index in [1.54, 1.807) is 24.3 Å². The number of likely N-dealkylation sites (tertiary alicyclic amines) is 1. The number of anilines is 2. The van der Waals surface area contributed by atoms with Crippen molar-refractivity contribution >= 4 is 23.2 Å². The van der Waals surface area contributed by atoms with Gasteiger partial charge >= 0.3 is 12.1 Å². The first-order valence-electron chi connectivity index (χ1n) is 9.01. The third-order valence-electron chi connectivity index (χ3n) is 4.48. The number of hydrogen-bond acceptors (Lipinski definition) is 6. The minimum Gasteiger partial charge on any atom is -0.417 e. The molecule has 1 aromatic carbocycles. The molecule has 0 spiro atoms. The molecule has 3 rings (SSSR count). The Morgan fingerprint density at radius 1 is 1.10 bits per heavy atom. The van der Waals surface area contributed by atoms with Crippen molar-refractivity contribution < 1.29 is 27.2 Å². The van der Waals surface area contributed by atoms with Gasteiger partial charge in [0.25, 0.3) is 0 Å². The van der Waals surface area contributed by atoms with Crippen LogP contribution in [0.4, 0.5) is 24.5 Å². The van der Waals surface area contributed by atoms with Gasteiger partial charge in [-0.3, -0.25) is 14.5 Å². The maximum absolute atomic E-state index is 12.6. The summed E-state index contributed by atoms with van der Waals surface area (Å²) < 4.78 is 42.4. The number of rotatable bonds is 5. The lowest BCUT2D eigenvalue weighted by atomic mass is 9.97. The highest BCUT2D eigenvalue weighted by Crippen LogP contribution is 2.32. The molecule has 0 saturated carbocycles. The van der Waals surface area contributed by atoms with Gasteiger partial charge in [-0.1, -0.05) is 0 Å². The summed E-state index contributed by atoms with van der Waals surface area (Å²) >= 11 is 0. The first kappa shape index (κ1) is 20.8. The van der Waals surface area contributed by atoms with Gasteiger partial charge < -0.3 is 15.1 Å². The lowest BCUT2D eigenvalue weighted by molar-refractivity contribution is -0.157. The number of hydrogen-bond donors (Lipinski definition) is 2. The van der Waals surface area contributed by atoms with E-state index in [2.05, 4.69) is 20.8 Å². The van der Waals surface area contributed by atoms with Crippen molar-refractivity contribution in [1.82, 2.24) is 15.1 Å². The summed E-state index contributed by atoms with van der Waals surface area (Å²) in [5.74, 6) is -1.98. The summed E-state index contributed by atoms with van der Waals surface area (Å²) in [6.07, 6.45) is -3.60. The minimum atomic E-state index is -4.65. The molecular weight excluding hydrogens is 391 g/mol. The quantitative estimate of drug-likeness (QED) is 0.785. The second-order valence-corrected chi connectivity index (χ2v) is 6.80. The van der Waals surface area contributed by atoms with Crippen molar-refractivity contribution in [3.05, 3.63) is 36.0 Å². The van der Waals surface area contributed by atoms with Gasteiger partial charge in [0.15, 0.2) is 0 Å². The Hall–Kier alpha value is -2.95. The Morgan fingerprint density at radius 3 is 2.21 bits per heavy atom. The molecule has 11 heteroatoms. The van der Waals surface area contributed by atoms with E-state index in [4.69, 9.17) is 4.42 Å². The van der Waals surface area contributed by atoms with E-state index >= 15 is 0 Å². The van der Waals surface area contributed by atoms with Crippen molar-refractivity contribution in [2.24, 2.45) is 0 Å². The molecule has 2 aromatic rings. The Balaban J connectivity index is 1.46. The maximum Gasteiger partial charge on any atom is 0.470 e. The molecule has 1 saturated heterocycles. The molecule has 156 valence electrons. The molecule has 2 heterocycles. The fraction of sp³-hybridized carbons (Fsp3) is 0.444. The third-order valence-corrected chi connectivity index (χ3v) is 4.48. The normalized spacial score (nSPS) is 15.9. The van der Waals surface area contributed by atoms with Gasteiger partial charge in [-0.15, -0.1) is 10.2 Å². The van der Waals surface area contributed by atoms with E-state index in [0.717, 1.165) is 0 Å². The number of halogens is 3. The van der Waals surface area contributed by atoms with E-state index in [9.17, 15) is 22.8 Å². The number of carbonyl (C=O) groups excluding carboxylic acids is 2. The summed E-state index contributed by atoms with van der Waals surface area (Å²) in [5.41, 5.74) is 1.23. The number of aromatic nitrogens is 2. The highest BCUT2D eigenvalue weighted by atomic mass is 19.4. The second-order valence-electron chi connectivity index (χ2n) is 6.80. The molecule has 1 aliphatic rings. The van der Waals surface area contributed by atoms with Crippen LogP contribution in [-0.4, -0.2) is 46.5 Å². The molecule has 0 atom stereocenters. The Bertz CT molecular complexity index is 858. The van der Waals surface area contributed by atoms with E-state index in [1.165, 1.54) is 6.92 Å². The van der Waals surface area contributed by atoms with Crippen LogP contribution < -0.4 is 10.6 Å². The van der Waals surface area contributed by atoms with Crippen molar-refractivity contribution in [2.45, 2.75) is 31.9 Å². The predicted molar refractivity (Wildman–Crippen MR) is 97.1 cm³/mol. The van der Waals surface area contributed by atoms with Crippen LogP contribution in [-0.2, 0) is 15.8 Å². The number of piperidine rings is 1. The molecule has 0 radical (unpaired) electrons. The topological polar surface area (TPSA) is 100 Å². The van der Waals surface area contributed by atoms with Gasteiger partial charge in [-0.2, -0.15) is 13.2 Å². The van der Waals surface area contributed by atoms with Crippen LogP contribution in [0.1, 0.15) is 37.5 Å². The van der Waals surface area contributed by atoms with Crippen molar-refractivity contribution in [3.63, 3.8) is 0 Å². The number of alkyl halides is 3. The molecule has 2 N–H and O–H groups in total. The molecule has 1 aromatic heterocycles. The standard InChI is InChI=1S/C18H20F3N5O3/c1-11(27)22-13-2-4-14(5-3-13)23-15(28)10-26-8-6-12(7-9-26)16-24-25-17(29-16)18(19,20)21/h2-5,12H,6-10H2,1H3,(H,22,27)(H,23,28). The van der Waals surface area contributed by atoms with Gasteiger partial charge in [0, 0.05) is 24.2 Å². The molecule has 0 unspecified atom stereocenters. The van der Waals surface area contributed by atoms with Crippen LogP contribution in [0, 0.1) is 0 Å².